The molecule has 10 heavy (non-hydrogen) atoms. The van der Waals surface area contributed by atoms with Crippen molar-refractivity contribution in [2.75, 3.05) is 19.7 Å². The largest absolute Gasteiger partial charge is 0.479 e. The molecular weight excluding hydrogens is 249 g/mol. The summed E-state index contributed by atoms with van der Waals surface area (Å²) in [7, 11) is 0. The van der Waals surface area contributed by atoms with E-state index in [4.69, 9.17) is 9.84 Å². The van der Waals surface area contributed by atoms with Gasteiger partial charge < -0.3 is 9.84 Å². The van der Waals surface area contributed by atoms with Crippen molar-refractivity contribution in [2.24, 2.45) is 0 Å². The number of rotatable bonds is 1. The predicted octanol–water partition coefficient (Wildman–Crippen LogP) is 0.122. The fraction of sp³-hybridized carbons (Fsp3) is 0.800. The van der Waals surface area contributed by atoms with Crippen LogP contribution in [-0.2, 0) is 9.53 Å². The van der Waals surface area contributed by atoms with Crippen LogP contribution in [0.4, 0.5) is 0 Å². The Morgan fingerprint density at radius 3 is 2.90 bits per heavy atom. The van der Waals surface area contributed by atoms with Gasteiger partial charge in [-0.25, -0.2) is 7.91 Å². The number of carbonyl (C=O) groups is 1. The number of carboxylic acid groups (broad SMARTS) is 1. The van der Waals surface area contributed by atoms with Gasteiger partial charge in [0.25, 0.3) is 0 Å². The molecule has 0 aromatic carbocycles. The zero-order valence-corrected chi connectivity index (χ0v) is 7.45. The van der Waals surface area contributed by atoms with Crippen molar-refractivity contribution >= 4 is 28.8 Å². The van der Waals surface area contributed by atoms with Crippen molar-refractivity contribution in [3.63, 3.8) is 0 Å². The van der Waals surface area contributed by atoms with Crippen LogP contribution in [0, 0.1) is 0 Å². The van der Waals surface area contributed by atoms with E-state index in [-0.39, 0.29) is 0 Å². The molecule has 1 aliphatic heterocycles. The van der Waals surface area contributed by atoms with Gasteiger partial charge >= 0.3 is 5.97 Å². The fourth-order valence-electron chi connectivity index (χ4n) is 0.767. The van der Waals surface area contributed by atoms with E-state index in [0.29, 0.717) is 13.2 Å². The van der Waals surface area contributed by atoms with Gasteiger partial charge in [-0.15, -0.1) is 0 Å². The third-order valence-corrected chi connectivity index (χ3v) is 2.17. The number of nitrogens with zero attached hydrogens (tertiary/aromatic N) is 1. The number of hydrogen-bond donors (Lipinski definition) is 1. The van der Waals surface area contributed by atoms with Crippen LogP contribution in [0.25, 0.3) is 0 Å². The van der Waals surface area contributed by atoms with Crippen LogP contribution in [-0.4, -0.2) is 40.0 Å². The third kappa shape index (κ3) is 2.06. The second kappa shape index (κ2) is 3.49. The van der Waals surface area contributed by atoms with Gasteiger partial charge in [-0.05, 0) is 0 Å². The number of halogens is 1. The van der Waals surface area contributed by atoms with E-state index in [1.807, 2.05) is 3.11 Å². The summed E-state index contributed by atoms with van der Waals surface area (Å²) in [6.45, 7) is 1.81. The molecule has 0 bridgehead atoms. The Labute approximate surface area is 72.6 Å². The predicted molar refractivity (Wildman–Crippen MR) is 43.0 cm³/mol. The minimum absolute atomic E-state index is 0.482. The van der Waals surface area contributed by atoms with Gasteiger partial charge in [0.15, 0.2) is 6.10 Å². The first kappa shape index (κ1) is 8.22. The summed E-state index contributed by atoms with van der Waals surface area (Å²) in [6, 6.07) is 0. The van der Waals surface area contributed by atoms with Crippen LogP contribution in [0.3, 0.4) is 0 Å². The lowest BCUT2D eigenvalue weighted by Gasteiger charge is -2.25. The van der Waals surface area contributed by atoms with Gasteiger partial charge in [0.2, 0.25) is 0 Å². The second-order valence-corrected chi connectivity index (χ2v) is 3.43. The molecule has 0 radical (unpaired) electrons. The topological polar surface area (TPSA) is 49.8 Å². The zero-order chi connectivity index (χ0) is 7.56. The first-order valence-electron chi connectivity index (χ1n) is 2.95. The highest BCUT2D eigenvalue weighted by Gasteiger charge is 2.24. The molecule has 0 aromatic rings. The lowest BCUT2D eigenvalue weighted by atomic mass is 10.3. The molecule has 1 rings (SSSR count). The van der Waals surface area contributed by atoms with E-state index in [1.54, 1.807) is 0 Å². The highest BCUT2D eigenvalue weighted by molar-refractivity contribution is 14.1. The Bertz CT molecular complexity index is 141. The highest BCUT2D eigenvalue weighted by Crippen LogP contribution is 2.08. The molecule has 0 saturated carbocycles. The number of ether oxygens (including phenoxy) is 1. The Morgan fingerprint density at radius 1 is 1.80 bits per heavy atom. The van der Waals surface area contributed by atoms with Gasteiger partial charge in [0, 0.05) is 36.0 Å². The lowest BCUT2D eigenvalue weighted by molar-refractivity contribution is -0.153. The Balaban J connectivity index is 2.39. The van der Waals surface area contributed by atoms with Crippen LogP contribution < -0.4 is 0 Å². The molecule has 1 N–H and O–H groups in total. The summed E-state index contributed by atoms with van der Waals surface area (Å²) < 4.78 is 6.88. The van der Waals surface area contributed by atoms with Crippen LogP contribution in [0.2, 0.25) is 0 Å². The molecule has 0 spiro atoms. The summed E-state index contributed by atoms with van der Waals surface area (Å²) in [5, 5.41) is 8.50. The number of hydrogen-bond acceptors (Lipinski definition) is 3. The molecule has 4 nitrogen and oxygen atoms in total. The maximum atomic E-state index is 10.3. The minimum atomic E-state index is -0.874. The molecule has 5 heteroatoms. The van der Waals surface area contributed by atoms with E-state index >= 15 is 0 Å². The van der Waals surface area contributed by atoms with Crippen LogP contribution in [0.15, 0.2) is 0 Å². The SMILES string of the molecule is O=C(O)C1CN(I)CCO1. The smallest absolute Gasteiger partial charge is 0.334 e. The molecule has 1 saturated heterocycles. The summed E-state index contributed by atoms with van der Waals surface area (Å²) in [4.78, 5) is 10.3. The van der Waals surface area contributed by atoms with Crippen molar-refractivity contribution in [2.45, 2.75) is 6.10 Å². The minimum Gasteiger partial charge on any atom is -0.479 e. The summed E-state index contributed by atoms with van der Waals surface area (Å²) in [6.07, 6.45) is -0.634. The van der Waals surface area contributed by atoms with Crippen molar-refractivity contribution in [3.05, 3.63) is 0 Å². The number of morpholine rings is 1. The van der Waals surface area contributed by atoms with Crippen molar-refractivity contribution < 1.29 is 14.6 Å². The van der Waals surface area contributed by atoms with Gasteiger partial charge in [0.1, 0.15) is 0 Å². The van der Waals surface area contributed by atoms with Crippen molar-refractivity contribution in [1.82, 2.24) is 3.11 Å². The monoisotopic (exact) mass is 257 g/mol. The second-order valence-electron chi connectivity index (χ2n) is 2.07. The van der Waals surface area contributed by atoms with Crippen LogP contribution in [0.5, 0.6) is 0 Å². The van der Waals surface area contributed by atoms with E-state index in [2.05, 4.69) is 22.9 Å². The Hall–Kier alpha value is 0.120. The van der Waals surface area contributed by atoms with Gasteiger partial charge in [-0.2, -0.15) is 0 Å². The van der Waals surface area contributed by atoms with E-state index in [0.717, 1.165) is 6.54 Å². The number of carboxylic acids is 1. The van der Waals surface area contributed by atoms with Gasteiger partial charge in [-0.3, -0.25) is 0 Å². The standard InChI is InChI=1S/C5H8INO3/c6-7-1-2-10-4(3-7)5(8)9/h4H,1-3H2,(H,8,9). The average molecular weight is 257 g/mol. The van der Waals surface area contributed by atoms with Crippen molar-refractivity contribution in [3.8, 4) is 0 Å². The van der Waals surface area contributed by atoms with Crippen LogP contribution in [0.1, 0.15) is 0 Å². The van der Waals surface area contributed by atoms with E-state index in [9.17, 15) is 4.79 Å². The number of aliphatic carboxylic acids is 1. The Morgan fingerprint density at radius 2 is 2.50 bits per heavy atom. The molecule has 0 aliphatic carbocycles. The molecular formula is C5H8INO3. The highest BCUT2D eigenvalue weighted by atomic mass is 127. The molecule has 1 unspecified atom stereocenters. The molecule has 1 heterocycles. The average Bonchev–Trinajstić information content (AvgIpc) is 1.88. The first-order chi connectivity index (χ1) is 4.70. The third-order valence-electron chi connectivity index (χ3n) is 1.29. The van der Waals surface area contributed by atoms with Crippen LogP contribution >= 0.6 is 22.9 Å². The van der Waals surface area contributed by atoms with E-state index < -0.39 is 12.1 Å². The molecule has 1 aliphatic rings. The Kier molecular flexibility index (Phi) is 2.87. The van der Waals surface area contributed by atoms with Crippen molar-refractivity contribution in [1.29, 1.82) is 0 Å². The molecule has 0 aromatic heterocycles. The lowest BCUT2D eigenvalue weighted by Crippen LogP contribution is -2.41. The molecule has 1 fully saturated rings. The maximum Gasteiger partial charge on any atom is 0.334 e. The summed E-state index contributed by atoms with van der Waals surface area (Å²) >= 11 is 2.10. The summed E-state index contributed by atoms with van der Waals surface area (Å²) in [5.41, 5.74) is 0. The maximum absolute atomic E-state index is 10.3. The molecule has 58 valence electrons. The van der Waals surface area contributed by atoms with E-state index in [1.165, 1.54) is 0 Å². The molecule has 0 amide bonds. The normalized spacial score (nSPS) is 28.3. The quantitative estimate of drug-likeness (QED) is 0.535. The first-order valence-corrected chi connectivity index (χ1v) is 3.92. The van der Waals surface area contributed by atoms with Gasteiger partial charge in [-0.1, -0.05) is 0 Å². The zero-order valence-electron chi connectivity index (χ0n) is 5.29. The molecule has 1 atom stereocenters. The fourth-order valence-corrected chi connectivity index (χ4v) is 1.32. The summed E-state index contributed by atoms with van der Waals surface area (Å²) in [5.74, 6) is -0.874. The van der Waals surface area contributed by atoms with Gasteiger partial charge in [0.05, 0.1) is 6.61 Å².